The van der Waals surface area contributed by atoms with Crippen LogP contribution in [0.15, 0.2) is 24.5 Å². The minimum Gasteiger partial charge on any atom is -0.495 e. The van der Waals surface area contributed by atoms with Crippen LogP contribution in [0.25, 0.3) is 0 Å². The quantitative estimate of drug-likeness (QED) is 0.637. The molecule has 0 aliphatic carbocycles. The van der Waals surface area contributed by atoms with Gasteiger partial charge in [-0.2, -0.15) is 5.26 Å². The maximum Gasteiger partial charge on any atom is 0.353 e. The molecule has 0 bridgehead atoms. The van der Waals surface area contributed by atoms with Gasteiger partial charge in [0.25, 0.3) is 0 Å². The summed E-state index contributed by atoms with van der Waals surface area (Å²) in [5.74, 6) is 0.0427. The highest BCUT2D eigenvalue weighted by Crippen LogP contribution is 2.33. The van der Waals surface area contributed by atoms with Crippen LogP contribution in [0.1, 0.15) is 5.56 Å². The molecular formula is C12H10N6O3. The Labute approximate surface area is 119 Å². The summed E-state index contributed by atoms with van der Waals surface area (Å²) in [4.78, 5) is 17.7. The molecule has 0 radical (unpaired) electrons. The number of nitrogen functional groups attached to an aromatic ring is 1. The van der Waals surface area contributed by atoms with Gasteiger partial charge in [-0.15, -0.1) is 0 Å². The number of rotatable bonds is 4. The third-order valence-electron chi connectivity index (χ3n) is 2.62. The molecule has 0 spiro atoms. The molecule has 9 nitrogen and oxygen atoms in total. The minimum atomic E-state index is -0.673. The summed E-state index contributed by atoms with van der Waals surface area (Å²) in [5.41, 5.74) is 5.87. The van der Waals surface area contributed by atoms with Gasteiger partial charge in [-0.1, -0.05) is 0 Å². The number of nitriles is 1. The topological polar surface area (TPSA) is 140 Å². The summed E-state index contributed by atoms with van der Waals surface area (Å²) >= 11 is 0. The zero-order valence-electron chi connectivity index (χ0n) is 10.9. The van der Waals surface area contributed by atoms with E-state index in [1.165, 1.54) is 13.2 Å². The largest absolute Gasteiger partial charge is 0.495 e. The average molecular weight is 286 g/mol. The van der Waals surface area contributed by atoms with Crippen molar-refractivity contribution >= 4 is 23.0 Å². The molecule has 1 aromatic carbocycles. The SMILES string of the molecule is COc1cc(C#N)ccc1Nc1ncnc(N)c1[N+](=O)[O-]. The molecule has 2 rings (SSSR count). The lowest BCUT2D eigenvalue weighted by molar-refractivity contribution is -0.383. The van der Waals surface area contributed by atoms with E-state index in [0.717, 1.165) is 6.33 Å². The number of benzene rings is 1. The van der Waals surface area contributed by atoms with Crippen LogP contribution in [0.3, 0.4) is 0 Å². The van der Waals surface area contributed by atoms with Gasteiger partial charge in [0.05, 0.1) is 29.4 Å². The van der Waals surface area contributed by atoms with E-state index in [1.54, 1.807) is 12.1 Å². The van der Waals surface area contributed by atoms with Gasteiger partial charge in [0.15, 0.2) is 0 Å². The number of aromatic nitrogens is 2. The van der Waals surface area contributed by atoms with Gasteiger partial charge in [0.2, 0.25) is 11.6 Å². The molecule has 0 fully saturated rings. The normalized spacial score (nSPS) is 9.71. The van der Waals surface area contributed by atoms with Crippen LogP contribution >= 0.6 is 0 Å². The summed E-state index contributed by atoms with van der Waals surface area (Å²) in [6.07, 6.45) is 1.11. The van der Waals surface area contributed by atoms with Gasteiger partial charge >= 0.3 is 5.69 Å². The molecule has 1 heterocycles. The number of anilines is 3. The van der Waals surface area contributed by atoms with Crippen molar-refractivity contribution < 1.29 is 9.66 Å². The molecule has 0 unspecified atom stereocenters. The third kappa shape index (κ3) is 2.79. The summed E-state index contributed by atoms with van der Waals surface area (Å²) in [6, 6.07) is 6.57. The van der Waals surface area contributed by atoms with Gasteiger partial charge in [0, 0.05) is 6.07 Å². The Balaban J connectivity index is 2.46. The fourth-order valence-corrected chi connectivity index (χ4v) is 1.66. The van der Waals surface area contributed by atoms with Crippen LogP contribution in [0, 0.1) is 21.4 Å². The first-order valence-electron chi connectivity index (χ1n) is 5.67. The zero-order chi connectivity index (χ0) is 15.4. The molecule has 9 heteroatoms. The number of methoxy groups -OCH3 is 1. The molecule has 1 aromatic heterocycles. The monoisotopic (exact) mass is 286 g/mol. The average Bonchev–Trinajstić information content (AvgIpc) is 2.47. The Kier molecular flexibility index (Phi) is 3.80. The number of nitro groups is 1. The highest BCUT2D eigenvalue weighted by molar-refractivity contribution is 5.75. The molecule has 0 amide bonds. The minimum absolute atomic E-state index is 0.0597. The Bertz CT molecular complexity index is 740. The van der Waals surface area contributed by atoms with E-state index in [9.17, 15) is 10.1 Å². The second-order valence-corrected chi connectivity index (χ2v) is 3.87. The molecular weight excluding hydrogens is 276 g/mol. The van der Waals surface area contributed by atoms with Crippen molar-refractivity contribution in [1.82, 2.24) is 9.97 Å². The van der Waals surface area contributed by atoms with Crippen LogP contribution in [0.5, 0.6) is 5.75 Å². The number of nitrogens with one attached hydrogen (secondary N) is 1. The van der Waals surface area contributed by atoms with Crippen LogP contribution < -0.4 is 15.8 Å². The van der Waals surface area contributed by atoms with Gasteiger partial charge in [-0.05, 0) is 12.1 Å². The highest BCUT2D eigenvalue weighted by Gasteiger charge is 2.21. The van der Waals surface area contributed by atoms with Crippen molar-refractivity contribution in [3.63, 3.8) is 0 Å². The van der Waals surface area contributed by atoms with Crippen molar-refractivity contribution in [1.29, 1.82) is 5.26 Å². The van der Waals surface area contributed by atoms with E-state index in [4.69, 9.17) is 15.7 Å². The van der Waals surface area contributed by atoms with Crippen molar-refractivity contribution in [3.05, 3.63) is 40.2 Å². The Morgan fingerprint density at radius 3 is 2.86 bits per heavy atom. The maximum atomic E-state index is 11.0. The smallest absolute Gasteiger partial charge is 0.353 e. The first kappa shape index (κ1) is 14.0. The predicted octanol–water partition coefficient (Wildman–Crippen LogP) is 1.59. The Morgan fingerprint density at radius 1 is 1.48 bits per heavy atom. The van der Waals surface area contributed by atoms with Crippen molar-refractivity contribution in [2.24, 2.45) is 0 Å². The summed E-state index contributed by atoms with van der Waals surface area (Å²) in [7, 11) is 1.42. The number of ether oxygens (including phenoxy) is 1. The molecule has 2 aromatic rings. The van der Waals surface area contributed by atoms with Gasteiger partial charge in [0.1, 0.15) is 12.1 Å². The molecule has 0 aliphatic heterocycles. The first-order chi connectivity index (χ1) is 10.1. The summed E-state index contributed by atoms with van der Waals surface area (Å²) < 4.78 is 5.13. The summed E-state index contributed by atoms with van der Waals surface area (Å²) in [6.45, 7) is 0. The van der Waals surface area contributed by atoms with Crippen LogP contribution in [-0.2, 0) is 0 Å². The third-order valence-corrected chi connectivity index (χ3v) is 2.62. The standard InChI is InChI=1S/C12H10N6O3/c1-21-9-4-7(5-13)2-3-8(9)17-12-10(18(19)20)11(14)15-6-16-12/h2-4,6H,1H3,(H3,14,15,16,17). The van der Waals surface area contributed by atoms with Crippen LogP contribution in [0.2, 0.25) is 0 Å². The Morgan fingerprint density at radius 2 is 2.24 bits per heavy atom. The molecule has 0 saturated heterocycles. The lowest BCUT2D eigenvalue weighted by Crippen LogP contribution is -2.05. The fourth-order valence-electron chi connectivity index (χ4n) is 1.66. The van der Waals surface area contributed by atoms with Crippen molar-refractivity contribution in [2.75, 3.05) is 18.2 Å². The van der Waals surface area contributed by atoms with Crippen LogP contribution in [-0.4, -0.2) is 22.0 Å². The maximum absolute atomic E-state index is 11.0. The van der Waals surface area contributed by atoms with E-state index in [2.05, 4.69) is 15.3 Å². The molecule has 0 atom stereocenters. The molecule has 106 valence electrons. The highest BCUT2D eigenvalue weighted by atomic mass is 16.6. The van der Waals surface area contributed by atoms with E-state index in [0.29, 0.717) is 17.0 Å². The van der Waals surface area contributed by atoms with Crippen molar-refractivity contribution in [3.8, 4) is 11.8 Å². The molecule has 0 saturated carbocycles. The second kappa shape index (κ2) is 5.70. The predicted molar refractivity (Wildman–Crippen MR) is 74.1 cm³/mol. The van der Waals surface area contributed by atoms with Crippen molar-refractivity contribution in [2.45, 2.75) is 0 Å². The lowest BCUT2D eigenvalue weighted by Gasteiger charge is -2.11. The van der Waals surface area contributed by atoms with Gasteiger partial charge < -0.3 is 15.8 Å². The molecule has 3 N–H and O–H groups in total. The van der Waals surface area contributed by atoms with E-state index < -0.39 is 10.6 Å². The number of nitrogens with two attached hydrogens (primary N) is 1. The molecule has 0 aliphatic rings. The lowest BCUT2D eigenvalue weighted by atomic mass is 10.2. The number of hydrogen-bond acceptors (Lipinski definition) is 8. The van der Waals surface area contributed by atoms with Gasteiger partial charge in [-0.25, -0.2) is 9.97 Å². The van der Waals surface area contributed by atoms with Gasteiger partial charge in [-0.3, -0.25) is 10.1 Å². The zero-order valence-corrected chi connectivity index (χ0v) is 10.9. The van der Waals surface area contributed by atoms with E-state index in [1.807, 2.05) is 6.07 Å². The number of hydrogen-bond donors (Lipinski definition) is 2. The first-order valence-corrected chi connectivity index (χ1v) is 5.67. The van der Waals surface area contributed by atoms with E-state index in [-0.39, 0.29) is 11.6 Å². The summed E-state index contributed by atoms with van der Waals surface area (Å²) in [5, 5.41) is 22.6. The second-order valence-electron chi connectivity index (χ2n) is 3.87. The van der Waals surface area contributed by atoms with E-state index >= 15 is 0 Å². The molecule has 21 heavy (non-hydrogen) atoms. The van der Waals surface area contributed by atoms with Crippen LogP contribution in [0.4, 0.5) is 23.0 Å². The fraction of sp³-hybridized carbons (Fsp3) is 0.0833. The number of nitrogens with zero attached hydrogens (tertiary/aromatic N) is 4. The Hall–Kier alpha value is -3.41.